The van der Waals surface area contributed by atoms with Gasteiger partial charge in [-0.05, 0) is 56.3 Å². The first-order chi connectivity index (χ1) is 11.3. The molecular formula is C19H22N2OS. The van der Waals surface area contributed by atoms with Gasteiger partial charge in [-0.15, -0.1) is 11.3 Å². The smallest absolute Gasteiger partial charge is 0.227 e. The van der Waals surface area contributed by atoms with Gasteiger partial charge in [0.1, 0.15) is 0 Å². The molecular weight excluding hydrogens is 304 g/mol. The van der Waals surface area contributed by atoms with Gasteiger partial charge in [-0.3, -0.25) is 4.79 Å². The summed E-state index contributed by atoms with van der Waals surface area (Å²) in [6.45, 7) is 2.16. The molecule has 3 nitrogen and oxygen atoms in total. The second-order valence-electron chi connectivity index (χ2n) is 6.55. The van der Waals surface area contributed by atoms with Crippen LogP contribution in [0.2, 0.25) is 0 Å². The molecule has 1 N–H and O–H groups in total. The highest BCUT2D eigenvalue weighted by atomic mass is 32.1. The first-order valence-corrected chi connectivity index (χ1v) is 9.37. The number of carbonyl (C=O) groups is 1. The summed E-state index contributed by atoms with van der Waals surface area (Å²) in [6.07, 6.45) is 4.68. The Balaban J connectivity index is 1.43. The molecule has 4 heteroatoms. The summed E-state index contributed by atoms with van der Waals surface area (Å²) >= 11 is 1.71. The molecule has 2 heterocycles. The van der Waals surface area contributed by atoms with E-state index in [2.05, 4.69) is 27.7 Å². The Morgan fingerprint density at radius 2 is 1.83 bits per heavy atom. The Labute approximate surface area is 141 Å². The molecule has 1 amide bonds. The fourth-order valence-corrected chi connectivity index (χ4v) is 4.21. The molecule has 2 aromatic rings. The van der Waals surface area contributed by atoms with Crippen molar-refractivity contribution >= 4 is 22.9 Å². The number of piperidine rings is 1. The van der Waals surface area contributed by atoms with Crippen molar-refractivity contribution in [3.63, 3.8) is 0 Å². The summed E-state index contributed by atoms with van der Waals surface area (Å²) in [4.78, 5) is 16.4. The molecule has 2 aliphatic rings. The van der Waals surface area contributed by atoms with Gasteiger partial charge in [0.05, 0.1) is 0 Å². The Kier molecular flexibility index (Phi) is 4.19. The van der Waals surface area contributed by atoms with Gasteiger partial charge in [-0.2, -0.15) is 0 Å². The fraction of sp³-hybridized carbons (Fsp3) is 0.421. The Bertz CT molecular complexity index is 670. The third kappa shape index (κ3) is 3.33. The lowest BCUT2D eigenvalue weighted by molar-refractivity contribution is -0.121. The molecule has 0 bridgehead atoms. The Morgan fingerprint density at radius 3 is 2.52 bits per heavy atom. The van der Waals surface area contributed by atoms with E-state index in [1.54, 1.807) is 11.3 Å². The number of nitrogens with zero attached hydrogens (tertiary/aromatic N) is 1. The predicted octanol–water partition coefficient (Wildman–Crippen LogP) is 4.23. The second kappa shape index (κ2) is 6.46. The van der Waals surface area contributed by atoms with Crippen molar-refractivity contribution < 1.29 is 4.79 Å². The number of carbonyl (C=O) groups excluding carboxylic acids is 1. The van der Waals surface area contributed by atoms with E-state index < -0.39 is 0 Å². The molecule has 1 saturated carbocycles. The van der Waals surface area contributed by atoms with Gasteiger partial charge < -0.3 is 10.2 Å². The predicted molar refractivity (Wildman–Crippen MR) is 95.7 cm³/mol. The summed E-state index contributed by atoms with van der Waals surface area (Å²) in [5.41, 5.74) is 2.05. The van der Waals surface area contributed by atoms with Crippen LogP contribution >= 0.6 is 11.3 Å². The molecule has 1 aliphatic carbocycles. The maximum absolute atomic E-state index is 12.7. The largest absolute Gasteiger partial charge is 0.325 e. The number of hydrogen-bond acceptors (Lipinski definition) is 3. The van der Waals surface area contributed by atoms with Crippen LogP contribution in [0.1, 0.15) is 25.7 Å². The molecule has 0 atom stereocenters. The molecule has 1 aliphatic heterocycles. The molecule has 4 rings (SSSR count). The topological polar surface area (TPSA) is 32.3 Å². The van der Waals surface area contributed by atoms with Gasteiger partial charge in [0.15, 0.2) is 0 Å². The average Bonchev–Trinajstić information content (AvgIpc) is 3.30. The first kappa shape index (κ1) is 14.9. The van der Waals surface area contributed by atoms with Crippen molar-refractivity contribution in [2.75, 3.05) is 18.4 Å². The highest BCUT2D eigenvalue weighted by Gasteiger charge is 2.33. The van der Waals surface area contributed by atoms with E-state index in [9.17, 15) is 4.79 Å². The fourth-order valence-electron chi connectivity index (χ4n) is 3.44. The zero-order valence-electron chi connectivity index (χ0n) is 13.2. The number of rotatable bonds is 4. The molecule has 0 radical (unpaired) electrons. The second-order valence-corrected chi connectivity index (χ2v) is 7.50. The van der Waals surface area contributed by atoms with Crippen LogP contribution in [0.5, 0.6) is 0 Å². The van der Waals surface area contributed by atoms with E-state index in [0.717, 1.165) is 43.2 Å². The number of likely N-dealkylation sites (tertiary alicyclic amines) is 1. The summed E-state index contributed by atoms with van der Waals surface area (Å²) in [6, 6.07) is 13.1. The zero-order valence-corrected chi connectivity index (χ0v) is 14.0. The quantitative estimate of drug-likeness (QED) is 0.912. The van der Waals surface area contributed by atoms with Gasteiger partial charge in [0.25, 0.3) is 0 Å². The third-order valence-corrected chi connectivity index (χ3v) is 5.84. The van der Waals surface area contributed by atoms with Crippen molar-refractivity contribution in [1.82, 2.24) is 4.90 Å². The molecule has 1 saturated heterocycles. The van der Waals surface area contributed by atoms with Crippen LogP contribution in [0.25, 0.3) is 10.4 Å². The SMILES string of the molecule is O=C(Nc1ccccc1-c1cccs1)C1CCN(C2CC2)CC1. The summed E-state index contributed by atoms with van der Waals surface area (Å²) in [7, 11) is 0. The minimum Gasteiger partial charge on any atom is -0.325 e. The van der Waals surface area contributed by atoms with Crippen molar-refractivity contribution in [3.8, 4) is 10.4 Å². The van der Waals surface area contributed by atoms with Crippen LogP contribution in [0.15, 0.2) is 41.8 Å². The number of benzene rings is 1. The Hall–Kier alpha value is -1.65. The average molecular weight is 326 g/mol. The van der Waals surface area contributed by atoms with Crippen LogP contribution in [-0.4, -0.2) is 29.9 Å². The summed E-state index contributed by atoms with van der Waals surface area (Å²) in [5, 5.41) is 5.25. The number of amides is 1. The highest BCUT2D eigenvalue weighted by Crippen LogP contribution is 2.33. The van der Waals surface area contributed by atoms with Gasteiger partial charge in [0, 0.05) is 28.1 Å². The number of anilines is 1. The van der Waals surface area contributed by atoms with Crippen LogP contribution < -0.4 is 5.32 Å². The lowest BCUT2D eigenvalue weighted by Gasteiger charge is -2.31. The lowest BCUT2D eigenvalue weighted by Crippen LogP contribution is -2.39. The van der Waals surface area contributed by atoms with Crippen molar-refractivity contribution in [2.45, 2.75) is 31.7 Å². The molecule has 1 aromatic carbocycles. The lowest BCUT2D eigenvalue weighted by atomic mass is 9.95. The first-order valence-electron chi connectivity index (χ1n) is 8.49. The van der Waals surface area contributed by atoms with Gasteiger partial charge in [-0.25, -0.2) is 0 Å². The summed E-state index contributed by atoms with van der Waals surface area (Å²) < 4.78 is 0. The normalized spacial score (nSPS) is 19.7. The molecule has 23 heavy (non-hydrogen) atoms. The van der Waals surface area contributed by atoms with E-state index in [4.69, 9.17) is 0 Å². The monoisotopic (exact) mass is 326 g/mol. The van der Waals surface area contributed by atoms with Crippen molar-refractivity contribution in [2.24, 2.45) is 5.92 Å². The van der Waals surface area contributed by atoms with Gasteiger partial charge in [0.2, 0.25) is 5.91 Å². The standard InChI is InChI=1S/C19H22N2OS/c22-19(14-9-11-21(12-10-14)15-7-8-15)20-17-5-2-1-4-16(17)18-6-3-13-23-18/h1-6,13-15H,7-12H2,(H,20,22). The van der Waals surface area contributed by atoms with Crippen molar-refractivity contribution in [3.05, 3.63) is 41.8 Å². The number of hydrogen-bond donors (Lipinski definition) is 1. The van der Waals surface area contributed by atoms with Crippen molar-refractivity contribution in [1.29, 1.82) is 0 Å². The maximum atomic E-state index is 12.7. The van der Waals surface area contributed by atoms with E-state index in [-0.39, 0.29) is 11.8 Å². The molecule has 0 spiro atoms. The highest BCUT2D eigenvalue weighted by molar-refractivity contribution is 7.13. The maximum Gasteiger partial charge on any atom is 0.227 e. The van der Waals surface area contributed by atoms with Crippen LogP contribution in [0.4, 0.5) is 5.69 Å². The van der Waals surface area contributed by atoms with Crippen LogP contribution in [0.3, 0.4) is 0 Å². The zero-order chi connectivity index (χ0) is 15.6. The molecule has 2 fully saturated rings. The van der Waals surface area contributed by atoms with E-state index in [1.165, 1.54) is 17.7 Å². The Morgan fingerprint density at radius 1 is 1.04 bits per heavy atom. The van der Waals surface area contributed by atoms with Gasteiger partial charge >= 0.3 is 0 Å². The van der Waals surface area contributed by atoms with Crippen LogP contribution in [0, 0.1) is 5.92 Å². The number of para-hydroxylation sites is 1. The molecule has 0 unspecified atom stereocenters. The molecule has 1 aromatic heterocycles. The van der Waals surface area contributed by atoms with Crippen LogP contribution in [-0.2, 0) is 4.79 Å². The minimum atomic E-state index is 0.154. The third-order valence-electron chi connectivity index (χ3n) is 4.94. The van der Waals surface area contributed by atoms with E-state index in [1.807, 2.05) is 24.3 Å². The number of thiophene rings is 1. The van der Waals surface area contributed by atoms with E-state index >= 15 is 0 Å². The number of nitrogens with one attached hydrogen (secondary N) is 1. The van der Waals surface area contributed by atoms with Gasteiger partial charge in [-0.1, -0.05) is 24.3 Å². The minimum absolute atomic E-state index is 0.154. The summed E-state index contributed by atoms with van der Waals surface area (Å²) in [5.74, 6) is 0.339. The van der Waals surface area contributed by atoms with E-state index in [0.29, 0.717) is 0 Å². The molecule has 120 valence electrons.